The lowest BCUT2D eigenvalue weighted by Crippen LogP contribution is -2.34. The Bertz CT molecular complexity index is 331. The SMILES string of the molecule is CCNC(c1c(OC)cnn1CC)C(C)OCC. The summed E-state index contributed by atoms with van der Waals surface area (Å²) in [4.78, 5) is 0. The van der Waals surface area contributed by atoms with Gasteiger partial charge in [0.2, 0.25) is 0 Å². The number of hydrogen-bond donors (Lipinski definition) is 1. The van der Waals surface area contributed by atoms with E-state index in [9.17, 15) is 0 Å². The number of ether oxygens (including phenoxy) is 2. The maximum atomic E-state index is 5.72. The molecule has 1 heterocycles. The van der Waals surface area contributed by atoms with Gasteiger partial charge in [-0.05, 0) is 27.3 Å². The van der Waals surface area contributed by atoms with E-state index in [4.69, 9.17) is 9.47 Å². The lowest BCUT2D eigenvalue weighted by atomic mass is 10.1. The molecule has 1 N–H and O–H groups in total. The lowest BCUT2D eigenvalue weighted by Gasteiger charge is -2.26. The van der Waals surface area contributed by atoms with Gasteiger partial charge in [-0.15, -0.1) is 0 Å². The van der Waals surface area contributed by atoms with Crippen molar-refractivity contribution in [2.24, 2.45) is 0 Å². The molecule has 0 radical (unpaired) electrons. The van der Waals surface area contributed by atoms with Gasteiger partial charge >= 0.3 is 0 Å². The summed E-state index contributed by atoms with van der Waals surface area (Å²) in [5.41, 5.74) is 1.06. The molecule has 0 fully saturated rings. The van der Waals surface area contributed by atoms with Gasteiger partial charge in [0.25, 0.3) is 0 Å². The Morgan fingerprint density at radius 3 is 2.61 bits per heavy atom. The van der Waals surface area contributed by atoms with Gasteiger partial charge in [-0.3, -0.25) is 4.68 Å². The minimum Gasteiger partial charge on any atom is -0.493 e. The largest absolute Gasteiger partial charge is 0.493 e. The molecule has 0 aliphatic carbocycles. The zero-order valence-corrected chi connectivity index (χ0v) is 12.1. The number of aryl methyl sites for hydroxylation is 1. The number of likely N-dealkylation sites (N-methyl/N-ethyl adjacent to an activating group) is 1. The molecular formula is C13H25N3O2. The first-order valence-corrected chi connectivity index (χ1v) is 6.64. The van der Waals surface area contributed by atoms with Crippen LogP contribution in [0.2, 0.25) is 0 Å². The normalized spacial score (nSPS) is 14.5. The molecule has 0 amide bonds. The number of nitrogens with zero attached hydrogens (tertiary/aromatic N) is 2. The average Bonchev–Trinajstić information content (AvgIpc) is 2.78. The van der Waals surface area contributed by atoms with Crippen LogP contribution in [0.3, 0.4) is 0 Å². The Balaban J connectivity index is 3.06. The van der Waals surface area contributed by atoms with Gasteiger partial charge in [-0.1, -0.05) is 6.92 Å². The average molecular weight is 255 g/mol. The highest BCUT2D eigenvalue weighted by molar-refractivity contribution is 5.29. The Labute approximate surface area is 109 Å². The van der Waals surface area contributed by atoms with E-state index < -0.39 is 0 Å². The summed E-state index contributed by atoms with van der Waals surface area (Å²) >= 11 is 0. The second-order valence-electron chi connectivity index (χ2n) is 4.11. The van der Waals surface area contributed by atoms with Crippen LogP contribution < -0.4 is 10.1 Å². The molecule has 0 aliphatic rings. The Morgan fingerprint density at radius 2 is 2.11 bits per heavy atom. The Morgan fingerprint density at radius 1 is 1.39 bits per heavy atom. The summed E-state index contributed by atoms with van der Waals surface area (Å²) < 4.78 is 13.1. The maximum Gasteiger partial charge on any atom is 0.161 e. The van der Waals surface area contributed by atoms with Crippen molar-refractivity contribution in [2.75, 3.05) is 20.3 Å². The van der Waals surface area contributed by atoms with Crippen molar-refractivity contribution in [3.8, 4) is 5.75 Å². The summed E-state index contributed by atoms with van der Waals surface area (Å²) in [5.74, 6) is 0.814. The molecule has 1 aromatic heterocycles. The molecule has 5 heteroatoms. The van der Waals surface area contributed by atoms with Crippen molar-refractivity contribution < 1.29 is 9.47 Å². The van der Waals surface area contributed by atoms with Gasteiger partial charge in [0.1, 0.15) is 0 Å². The number of nitrogens with one attached hydrogen (secondary N) is 1. The van der Waals surface area contributed by atoms with E-state index in [1.807, 2.05) is 11.6 Å². The second kappa shape index (κ2) is 7.38. The molecule has 0 saturated heterocycles. The number of methoxy groups -OCH3 is 1. The zero-order chi connectivity index (χ0) is 13.5. The van der Waals surface area contributed by atoms with Crippen LogP contribution in [0.15, 0.2) is 6.20 Å². The summed E-state index contributed by atoms with van der Waals surface area (Å²) in [5, 5.41) is 7.80. The van der Waals surface area contributed by atoms with Crippen LogP contribution in [-0.2, 0) is 11.3 Å². The first-order valence-electron chi connectivity index (χ1n) is 6.64. The molecule has 0 saturated carbocycles. The highest BCUT2D eigenvalue weighted by atomic mass is 16.5. The van der Waals surface area contributed by atoms with Crippen LogP contribution in [0.25, 0.3) is 0 Å². The van der Waals surface area contributed by atoms with Gasteiger partial charge < -0.3 is 14.8 Å². The molecule has 2 atom stereocenters. The first-order chi connectivity index (χ1) is 8.69. The molecule has 1 aromatic rings. The summed E-state index contributed by atoms with van der Waals surface area (Å²) in [6, 6.07) is 0.0901. The quantitative estimate of drug-likeness (QED) is 0.771. The van der Waals surface area contributed by atoms with Gasteiger partial charge in [0.15, 0.2) is 5.75 Å². The van der Waals surface area contributed by atoms with Gasteiger partial charge in [-0.2, -0.15) is 5.10 Å². The monoisotopic (exact) mass is 255 g/mol. The topological polar surface area (TPSA) is 48.3 Å². The maximum absolute atomic E-state index is 5.72. The van der Waals surface area contributed by atoms with Crippen molar-refractivity contribution in [2.45, 2.75) is 46.4 Å². The van der Waals surface area contributed by atoms with Crippen LogP contribution >= 0.6 is 0 Å². The highest BCUT2D eigenvalue weighted by Gasteiger charge is 2.26. The molecule has 0 bridgehead atoms. The lowest BCUT2D eigenvalue weighted by molar-refractivity contribution is 0.0446. The fourth-order valence-corrected chi connectivity index (χ4v) is 2.16. The minimum atomic E-state index is 0.0749. The third-order valence-electron chi connectivity index (χ3n) is 2.98. The second-order valence-corrected chi connectivity index (χ2v) is 4.11. The van der Waals surface area contributed by atoms with Crippen LogP contribution in [0, 0.1) is 0 Å². The number of aromatic nitrogens is 2. The van der Waals surface area contributed by atoms with Crippen LogP contribution in [-0.4, -0.2) is 36.1 Å². The molecule has 18 heavy (non-hydrogen) atoms. The number of hydrogen-bond acceptors (Lipinski definition) is 4. The first kappa shape index (κ1) is 15.0. The van der Waals surface area contributed by atoms with Crippen LogP contribution in [0.5, 0.6) is 5.75 Å². The van der Waals surface area contributed by atoms with Crippen molar-refractivity contribution in [1.29, 1.82) is 0 Å². The third-order valence-corrected chi connectivity index (χ3v) is 2.98. The highest BCUT2D eigenvalue weighted by Crippen LogP contribution is 2.28. The van der Waals surface area contributed by atoms with E-state index in [-0.39, 0.29) is 12.1 Å². The van der Waals surface area contributed by atoms with Crippen molar-refractivity contribution in [3.05, 3.63) is 11.9 Å². The fourth-order valence-electron chi connectivity index (χ4n) is 2.16. The van der Waals surface area contributed by atoms with Crippen molar-refractivity contribution >= 4 is 0 Å². The van der Waals surface area contributed by atoms with Crippen molar-refractivity contribution in [1.82, 2.24) is 15.1 Å². The zero-order valence-electron chi connectivity index (χ0n) is 12.1. The summed E-state index contributed by atoms with van der Waals surface area (Å²) in [6.07, 6.45) is 1.84. The molecule has 5 nitrogen and oxygen atoms in total. The molecule has 0 aromatic carbocycles. The third kappa shape index (κ3) is 3.23. The summed E-state index contributed by atoms with van der Waals surface area (Å²) in [7, 11) is 1.68. The molecule has 0 spiro atoms. The van der Waals surface area contributed by atoms with E-state index in [1.54, 1.807) is 13.3 Å². The molecule has 1 rings (SSSR count). The Hall–Kier alpha value is -1.07. The van der Waals surface area contributed by atoms with E-state index in [2.05, 4.69) is 31.2 Å². The number of rotatable bonds is 8. The van der Waals surface area contributed by atoms with Crippen LogP contribution in [0.1, 0.15) is 39.4 Å². The van der Waals surface area contributed by atoms with Gasteiger partial charge in [0, 0.05) is 13.2 Å². The van der Waals surface area contributed by atoms with E-state index in [0.29, 0.717) is 6.61 Å². The summed E-state index contributed by atoms with van der Waals surface area (Å²) in [6.45, 7) is 10.6. The fraction of sp³-hybridized carbons (Fsp3) is 0.769. The van der Waals surface area contributed by atoms with Crippen molar-refractivity contribution in [3.63, 3.8) is 0 Å². The molecule has 104 valence electrons. The van der Waals surface area contributed by atoms with Crippen LogP contribution in [0.4, 0.5) is 0 Å². The predicted octanol–water partition coefficient (Wildman–Crippen LogP) is 1.99. The molecular weight excluding hydrogens is 230 g/mol. The van der Waals surface area contributed by atoms with E-state index in [0.717, 1.165) is 24.5 Å². The van der Waals surface area contributed by atoms with Gasteiger partial charge in [-0.25, -0.2) is 0 Å². The van der Waals surface area contributed by atoms with E-state index in [1.165, 1.54) is 0 Å². The molecule has 2 unspecified atom stereocenters. The predicted molar refractivity (Wildman–Crippen MR) is 72.0 cm³/mol. The molecule has 0 aliphatic heterocycles. The smallest absolute Gasteiger partial charge is 0.161 e. The Kier molecular flexibility index (Phi) is 6.15. The minimum absolute atomic E-state index is 0.0749. The standard InChI is InChI=1S/C13H25N3O2/c1-6-14-12(10(4)18-8-3)13-11(17-5)9-15-16(13)7-2/h9-10,12,14H,6-8H2,1-5H3. The van der Waals surface area contributed by atoms with Gasteiger partial charge in [0.05, 0.1) is 31.1 Å². The van der Waals surface area contributed by atoms with E-state index >= 15 is 0 Å².